The van der Waals surface area contributed by atoms with Crippen LogP contribution in [-0.2, 0) is 6.42 Å². The zero-order valence-electron chi connectivity index (χ0n) is 11.5. The van der Waals surface area contributed by atoms with Crippen molar-refractivity contribution >= 4 is 28.5 Å². The van der Waals surface area contributed by atoms with E-state index < -0.39 is 0 Å². The van der Waals surface area contributed by atoms with Gasteiger partial charge in [0.1, 0.15) is 0 Å². The molecular weight excluding hydrogens is 361 g/mol. The Kier molecular flexibility index (Phi) is 5.59. The number of hydrogen-bond acceptors (Lipinski definition) is 1. The van der Waals surface area contributed by atoms with E-state index in [1.807, 2.05) is 24.3 Å². The molecular formula is C17H18INO. The summed E-state index contributed by atoms with van der Waals surface area (Å²) >= 11 is 2.21. The largest absolute Gasteiger partial charge is 0.352 e. The third kappa shape index (κ3) is 4.63. The second kappa shape index (κ2) is 7.43. The molecule has 0 bridgehead atoms. The van der Waals surface area contributed by atoms with E-state index in [-0.39, 0.29) is 5.91 Å². The van der Waals surface area contributed by atoms with Gasteiger partial charge in [-0.25, -0.2) is 0 Å². The van der Waals surface area contributed by atoms with Gasteiger partial charge in [0.15, 0.2) is 0 Å². The minimum Gasteiger partial charge on any atom is -0.352 e. The van der Waals surface area contributed by atoms with Crippen LogP contribution in [0.3, 0.4) is 0 Å². The Labute approximate surface area is 133 Å². The zero-order chi connectivity index (χ0) is 14.4. The predicted octanol–water partition coefficient (Wildman–Crippen LogP) is 3.96. The number of rotatable bonds is 5. The molecule has 2 rings (SSSR count). The Balaban J connectivity index is 1.77. The van der Waals surface area contributed by atoms with Crippen LogP contribution in [0.15, 0.2) is 48.5 Å². The first-order valence-electron chi connectivity index (χ1n) is 6.74. The highest BCUT2D eigenvalue weighted by molar-refractivity contribution is 14.1. The highest BCUT2D eigenvalue weighted by Crippen LogP contribution is 2.08. The summed E-state index contributed by atoms with van der Waals surface area (Å²) in [6.45, 7) is 2.81. The van der Waals surface area contributed by atoms with Crippen molar-refractivity contribution in [2.24, 2.45) is 0 Å². The standard InChI is InChI=1S/C17H18INO/c1-13-5-2-6-14(11-13)7-4-10-19-17(20)15-8-3-9-16(18)12-15/h2-3,5-6,8-9,11-12H,4,7,10H2,1H3,(H,19,20). The third-order valence-corrected chi connectivity index (χ3v) is 3.77. The first kappa shape index (κ1) is 15.0. The maximum absolute atomic E-state index is 11.9. The summed E-state index contributed by atoms with van der Waals surface area (Å²) in [7, 11) is 0. The van der Waals surface area contributed by atoms with Crippen LogP contribution >= 0.6 is 22.6 Å². The fraction of sp³-hybridized carbons (Fsp3) is 0.235. The predicted molar refractivity (Wildman–Crippen MR) is 91.0 cm³/mol. The zero-order valence-corrected chi connectivity index (χ0v) is 13.7. The van der Waals surface area contributed by atoms with Gasteiger partial charge < -0.3 is 5.32 Å². The van der Waals surface area contributed by atoms with Gasteiger partial charge in [-0.2, -0.15) is 0 Å². The number of nitrogens with one attached hydrogen (secondary N) is 1. The second-order valence-corrected chi connectivity index (χ2v) is 6.10. The molecule has 1 amide bonds. The van der Waals surface area contributed by atoms with Crippen molar-refractivity contribution < 1.29 is 4.79 Å². The number of halogens is 1. The number of carbonyl (C=O) groups excluding carboxylic acids is 1. The number of benzene rings is 2. The molecule has 0 aliphatic heterocycles. The molecule has 0 fully saturated rings. The average Bonchev–Trinajstić information content (AvgIpc) is 2.43. The molecule has 0 saturated carbocycles. The fourth-order valence-corrected chi connectivity index (χ4v) is 2.64. The quantitative estimate of drug-likeness (QED) is 0.619. The van der Waals surface area contributed by atoms with Crippen LogP contribution in [0.5, 0.6) is 0 Å². The first-order chi connectivity index (χ1) is 9.65. The van der Waals surface area contributed by atoms with Gasteiger partial charge >= 0.3 is 0 Å². The number of carbonyl (C=O) groups is 1. The summed E-state index contributed by atoms with van der Waals surface area (Å²) in [4.78, 5) is 11.9. The van der Waals surface area contributed by atoms with Gasteiger partial charge in [0, 0.05) is 15.7 Å². The van der Waals surface area contributed by atoms with E-state index in [9.17, 15) is 4.79 Å². The summed E-state index contributed by atoms with van der Waals surface area (Å²) in [6, 6.07) is 16.1. The molecule has 0 aliphatic rings. The smallest absolute Gasteiger partial charge is 0.251 e. The van der Waals surface area contributed by atoms with E-state index >= 15 is 0 Å². The van der Waals surface area contributed by atoms with Gasteiger partial charge in [0.25, 0.3) is 5.91 Å². The molecule has 0 aliphatic carbocycles. The Hall–Kier alpha value is -1.36. The molecule has 2 aromatic rings. The maximum atomic E-state index is 11.9. The highest BCUT2D eigenvalue weighted by Gasteiger charge is 2.04. The van der Waals surface area contributed by atoms with E-state index in [1.54, 1.807) is 0 Å². The van der Waals surface area contributed by atoms with E-state index in [2.05, 4.69) is 59.1 Å². The fourth-order valence-electron chi connectivity index (χ4n) is 2.09. The molecule has 2 nitrogen and oxygen atoms in total. The van der Waals surface area contributed by atoms with Crippen LogP contribution in [0.2, 0.25) is 0 Å². The lowest BCUT2D eigenvalue weighted by Crippen LogP contribution is -2.24. The molecule has 0 radical (unpaired) electrons. The van der Waals surface area contributed by atoms with Crippen LogP contribution in [0.1, 0.15) is 27.9 Å². The molecule has 0 unspecified atom stereocenters. The lowest BCUT2D eigenvalue weighted by Gasteiger charge is -2.06. The lowest BCUT2D eigenvalue weighted by molar-refractivity contribution is 0.0953. The molecule has 20 heavy (non-hydrogen) atoms. The number of aryl methyl sites for hydroxylation is 2. The van der Waals surface area contributed by atoms with Gasteiger partial charge in [-0.05, 0) is 66.1 Å². The van der Waals surface area contributed by atoms with Crippen molar-refractivity contribution in [1.82, 2.24) is 5.32 Å². The number of amides is 1. The van der Waals surface area contributed by atoms with Crippen LogP contribution < -0.4 is 5.32 Å². The summed E-state index contributed by atoms with van der Waals surface area (Å²) in [5.41, 5.74) is 3.34. The maximum Gasteiger partial charge on any atom is 0.251 e. The van der Waals surface area contributed by atoms with Gasteiger partial charge in [-0.15, -0.1) is 0 Å². The Morgan fingerprint density at radius 2 is 1.95 bits per heavy atom. The van der Waals surface area contributed by atoms with Crippen LogP contribution in [0.25, 0.3) is 0 Å². The van der Waals surface area contributed by atoms with E-state index in [1.165, 1.54) is 11.1 Å². The molecule has 0 spiro atoms. The summed E-state index contributed by atoms with van der Waals surface area (Å²) in [6.07, 6.45) is 1.95. The topological polar surface area (TPSA) is 29.1 Å². The summed E-state index contributed by atoms with van der Waals surface area (Å²) in [5, 5.41) is 2.97. The van der Waals surface area contributed by atoms with Crippen molar-refractivity contribution in [3.63, 3.8) is 0 Å². The lowest BCUT2D eigenvalue weighted by atomic mass is 10.1. The highest BCUT2D eigenvalue weighted by atomic mass is 127. The van der Waals surface area contributed by atoms with Gasteiger partial charge in [-0.1, -0.05) is 35.9 Å². The van der Waals surface area contributed by atoms with Crippen molar-refractivity contribution in [1.29, 1.82) is 0 Å². The number of hydrogen-bond donors (Lipinski definition) is 1. The van der Waals surface area contributed by atoms with Crippen molar-refractivity contribution in [2.45, 2.75) is 19.8 Å². The Bertz CT molecular complexity index is 595. The molecule has 3 heteroatoms. The second-order valence-electron chi connectivity index (χ2n) is 4.86. The van der Waals surface area contributed by atoms with Crippen LogP contribution in [-0.4, -0.2) is 12.5 Å². The Morgan fingerprint density at radius 1 is 1.15 bits per heavy atom. The van der Waals surface area contributed by atoms with Crippen LogP contribution in [0, 0.1) is 10.5 Å². The first-order valence-corrected chi connectivity index (χ1v) is 7.82. The molecule has 1 N–H and O–H groups in total. The minimum absolute atomic E-state index is 0.00718. The summed E-state index contributed by atoms with van der Waals surface area (Å²) < 4.78 is 1.08. The molecule has 104 valence electrons. The summed E-state index contributed by atoms with van der Waals surface area (Å²) in [5.74, 6) is 0.00718. The van der Waals surface area contributed by atoms with E-state index in [0.29, 0.717) is 6.54 Å². The molecule has 0 heterocycles. The van der Waals surface area contributed by atoms with E-state index in [4.69, 9.17) is 0 Å². The van der Waals surface area contributed by atoms with E-state index in [0.717, 1.165) is 22.0 Å². The van der Waals surface area contributed by atoms with Crippen LogP contribution in [0.4, 0.5) is 0 Å². The molecule has 0 aromatic heterocycles. The molecule has 0 saturated heterocycles. The van der Waals surface area contributed by atoms with Gasteiger partial charge in [0.2, 0.25) is 0 Å². The molecule has 2 aromatic carbocycles. The third-order valence-electron chi connectivity index (χ3n) is 3.10. The SMILES string of the molecule is Cc1cccc(CCCNC(=O)c2cccc(I)c2)c1. The minimum atomic E-state index is 0.00718. The average molecular weight is 379 g/mol. The van der Waals surface area contributed by atoms with Gasteiger partial charge in [-0.3, -0.25) is 4.79 Å². The normalized spacial score (nSPS) is 10.3. The Morgan fingerprint density at radius 3 is 2.70 bits per heavy atom. The monoisotopic (exact) mass is 379 g/mol. The van der Waals surface area contributed by atoms with Crippen molar-refractivity contribution in [3.05, 3.63) is 68.8 Å². The van der Waals surface area contributed by atoms with Crippen molar-refractivity contribution in [3.8, 4) is 0 Å². The van der Waals surface area contributed by atoms with Crippen molar-refractivity contribution in [2.75, 3.05) is 6.54 Å². The molecule has 0 atom stereocenters. The van der Waals surface area contributed by atoms with Gasteiger partial charge in [0.05, 0.1) is 0 Å².